The van der Waals surface area contributed by atoms with Crippen LogP contribution in [0.15, 0.2) is 47.4 Å². The van der Waals surface area contributed by atoms with Crippen molar-refractivity contribution >= 4 is 15.9 Å². The second-order valence-electron chi connectivity index (χ2n) is 6.60. The smallest absolute Gasteiger partial charge is 0.240 e. The number of ether oxygens (including phenoxy) is 2. The van der Waals surface area contributed by atoms with Crippen LogP contribution in [-0.2, 0) is 27.7 Å². The highest BCUT2D eigenvalue weighted by atomic mass is 32.2. The molecule has 8 heteroatoms. The second-order valence-corrected chi connectivity index (χ2v) is 8.49. The fourth-order valence-corrected chi connectivity index (χ4v) is 3.63. The third-order valence-electron chi connectivity index (χ3n) is 4.49. The topological polar surface area (TPSA) is 93.7 Å². The molecule has 7 nitrogen and oxygen atoms in total. The van der Waals surface area contributed by atoms with Crippen molar-refractivity contribution in [3.05, 3.63) is 53.6 Å². The molecule has 0 atom stereocenters. The first-order chi connectivity index (χ1) is 14.4. The summed E-state index contributed by atoms with van der Waals surface area (Å²) >= 11 is 0. The van der Waals surface area contributed by atoms with Gasteiger partial charge in [0.1, 0.15) is 0 Å². The lowest BCUT2D eigenvalue weighted by Crippen LogP contribution is -2.25. The molecule has 0 aliphatic carbocycles. The summed E-state index contributed by atoms with van der Waals surface area (Å²) in [6, 6.07) is 12.4. The predicted octanol–water partition coefficient (Wildman–Crippen LogP) is 2.68. The van der Waals surface area contributed by atoms with Crippen molar-refractivity contribution in [1.29, 1.82) is 0 Å². The summed E-state index contributed by atoms with van der Waals surface area (Å²) in [4.78, 5) is 12.3. The number of sulfonamides is 1. The van der Waals surface area contributed by atoms with Crippen molar-refractivity contribution in [2.75, 3.05) is 26.8 Å². The van der Waals surface area contributed by atoms with Crippen LogP contribution < -0.4 is 19.5 Å². The van der Waals surface area contributed by atoms with Crippen LogP contribution in [0.4, 0.5) is 0 Å². The Morgan fingerprint density at radius 3 is 2.17 bits per heavy atom. The molecule has 0 unspecified atom stereocenters. The van der Waals surface area contributed by atoms with Crippen molar-refractivity contribution in [1.82, 2.24) is 10.0 Å². The average molecular weight is 435 g/mol. The predicted molar refractivity (Wildman–Crippen MR) is 117 cm³/mol. The molecule has 0 bridgehead atoms. The summed E-state index contributed by atoms with van der Waals surface area (Å²) in [5.41, 5.74) is 1.97. The molecule has 0 saturated heterocycles. The Bertz CT molecular complexity index is 927. The maximum Gasteiger partial charge on any atom is 0.240 e. The molecule has 0 radical (unpaired) electrons. The normalized spacial score (nSPS) is 11.2. The summed E-state index contributed by atoms with van der Waals surface area (Å²) in [5.74, 6) is 1.39. The largest absolute Gasteiger partial charge is 0.490 e. The van der Waals surface area contributed by atoms with Crippen LogP contribution in [0.25, 0.3) is 0 Å². The molecule has 164 valence electrons. The van der Waals surface area contributed by atoms with Crippen molar-refractivity contribution in [2.24, 2.45) is 0 Å². The number of benzene rings is 2. The van der Waals surface area contributed by atoms with Crippen LogP contribution in [0.1, 0.15) is 31.4 Å². The van der Waals surface area contributed by atoms with E-state index in [2.05, 4.69) is 10.0 Å². The van der Waals surface area contributed by atoms with Gasteiger partial charge < -0.3 is 14.8 Å². The molecule has 0 fully saturated rings. The number of amides is 1. The summed E-state index contributed by atoms with van der Waals surface area (Å²) in [7, 11) is -2.07. The maximum atomic E-state index is 12.1. The number of hydrogen-bond acceptors (Lipinski definition) is 5. The van der Waals surface area contributed by atoms with Crippen LogP contribution >= 0.6 is 0 Å². The molecule has 2 aromatic rings. The van der Waals surface area contributed by atoms with Gasteiger partial charge in [-0.1, -0.05) is 18.2 Å². The first kappa shape index (κ1) is 23.7. The molecule has 0 aromatic heterocycles. The fraction of sp³-hybridized carbons (Fsp3) is 0.409. The van der Waals surface area contributed by atoms with E-state index in [1.165, 1.54) is 7.05 Å². The lowest BCUT2D eigenvalue weighted by atomic mass is 10.1. The van der Waals surface area contributed by atoms with Gasteiger partial charge in [-0.15, -0.1) is 0 Å². The zero-order chi connectivity index (χ0) is 22.0. The average Bonchev–Trinajstić information content (AvgIpc) is 2.74. The number of nitrogens with one attached hydrogen (secondary N) is 2. The van der Waals surface area contributed by atoms with Crippen LogP contribution in [0.5, 0.6) is 11.5 Å². The molecule has 0 aliphatic heterocycles. The standard InChI is InChI=1S/C22H30N2O5S/c1-4-28-20-12-8-18(16-21(20)29-5-2)14-15-24-22(25)13-9-17-6-10-19(11-7-17)30(26,27)23-3/h6-8,10-12,16,23H,4-5,9,13-15H2,1-3H3,(H,24,25). The minimum Gasteiger partial charge on any atom is -0.490 e. The summed E-state index contributed by atoms with van der Waals surface area (Å²) in [5, 5.41) is 2.92. The van der Waals surface area contributed by atoms with Gasteiger partial charge in [0, 0.05) is 13.0 Å². The summed E-state index contributed by atoms with van der Waals surface area (Å²) < 4.78 is 36.9. The number of carbonyl (C=O) groups excluding carboxylic acids is 1. The minimum atomic E-state index is -3.44. The van der Waals surface area contributed by atoms with Crippen LogP contribution in [0.2, 0.25) is 0 Å². The lowest BCUT2D eigenvalue weighted by Gasteiger charge is -2.12. The van der Waals surface area contributed by atoms with Crippen molar-refractivity contribution in [2.45, 2.75) is 38.0 Å². The number of rotatable bonds is 12. The Morgan fingerprint density at radius 2 is 1.53 bits per heavy atom. The van der Waals surface area contributed by atoms with E-state index in [1.807, 2.05) is 32.0 Å². The van der Waals surface area contributed by atoms with Gasteiger partial charge in [0.2, 0.25) is 15.9 Å². The van der Waals surface area contributed by atoms with E-state index in [9.17, 15) is 13.2 Å². The van der Waals surface area contributed by atoms with E-state index in [-0.39, 0.29) is 10.8 Å². The summed E-state index contributed by atoms with van der Waals surface area (Å²) in [6.45, 7) is 5.51. The van der Waals surface area contributed by atoms with E-state index >= 15 is 0 Å². The molecule has 0 spiro atoms. The van der Waals surface area contributed by atoms with E-state index in [4.69, 9.17) is 9.47 Å². The molecule has 0 heterocycles. The minimum absolute atomic E-state index is 0.0436. The third kappa shape index (κ3) is 7.03. The van der Waals surface area contributed by atoms with Gasteiger partial charge in [-0.2, -0.15) is 0 Å². The Hall–Kier alpha value is -2.58. The molecule has 2 N–H and O–H groups in total. The molecular formula is C22H30N2O5S. The van der Waals surface area contributed by atoms with Crippen molar-refractivity contribution in [3.8, 4) is 11.5 Å². The molecule has 1 amide bonds. The Morgan fingerprint density at radius 1 is 0.900 bits per heavy atom. The van der Waals surface area contributed by atoms with Gasteiger partial charge in [-0.05, 0) is 69.1 Å². The summed E-state index contributed by atoms with van der Waals surface area (Å²) in [6.07, 6.45) is 1.57. The van der Waals surface area contributed by atoms with E-state index in [1.54, 1.807) is 24.3 Å². The van der Waals surface area contributed by atoms with Crippen molar-refractivity contribution in [3.63, 3.8) is 0 Å². The highest BCUT2D eigenvalue weighted by molar-refractivity contribution is 7.89. The van der Waals surface area contributed by atoms with Gasteiger partial charge in [0.25, 0.3) is 0 Å². The highest BCUT2D eigenvalue weighted by Crippen LogP contribution is 2.28. The van der Waals surface area contributed by atoms with Gasteiger partial charge in [-0.25, -0.2) is 13.1 Å². The SMILES string of the molecule is CCOc1ccc(CCNC(=O)CCc2ccc(S(=O)(=O)NC)cc2)cc1OCC. The zero-order valence-electron chi connectivity index (χ0n) is 17.7. The number of carbonyl (C=O) groups is 1. The molecule has 2 aromatic carbocycles. The van der Waals surface area contributed by atoms with Crippen LogP contribution in [-0.4, -0.2) is 41.1 Å². The van der Waals surface area contributed by atoms with E-state index in [0.29, 0.717) is 44.8 Å². The van der Waals surface area contributed by atoms with Gasteiger partial charge in [-0.3, -0.25) is 4.79 Å². The number of hydrogen-bond donors (Lipinski definition) is 2. The first-order valence-electron chi connectivity index (χ1n) is 10.1. The number of aryl methyl sites for hydroxylation is 1. The first-order valence-corrected chi connectivity index (χ1v) is 11.6. The highest BCUT2D eigenvalue weighted by Gasteiger charge is 2.11. The Kier molecular flexibility index (Phi) is 9.14. The quantitative estimate of drug-likeness (QED) is 0.536. The Balaban J connectivity index is 1.80. The molecule has 2 rings (SSSR count). The molecule has 0 saturated carbocycles. The zero-order valence-corrected chi connectivity index (χ0v) is 18.6. The fourth-order valence-electron chi connectivity index (χ4n) is 2.90. The van der Waals surface area contributed by atoms with Gasteiger partial charge >= 0.3 is 0 Å². The molecule has 30 heavy (non-hydrogen) atoms. The molecule has 0 aliphatic rings. The van der Waals surface area contributed by atoms with Gasteiger partial charge in [0.05, 0.1) is 18.1 Å². The van der Waals surface area contributed by atoms with E-state index < -0.39 is 10.0 Å². The van der Waals surface area contributed by atoms with Crippen LogP contribution in [0.3, 0.4) is 0 Å². The second kappa shape index (κ2) is 11.6. The lowest BCUT2D eigenvalue weighted by molar-refractivity contribution is -0.121. The Labute approximate surface area is 178 Å². The van der Waals surface area contributed by atoms with Crippen LogP contribution in [0, 0.1) is 0 Å². The maximum absolute atomic E-state index is 12.1. The van der Waals surface area contributed by atoms with E-state index in [0.717, 1.165) is 16.9 Å². The van der Waals surface area contributed by atoms with Gasteiger partial charge in [0.15, 0.2) is 11.5 Å². The third-order valence-corrected chi connectivity index (χ3v) is 5.92. The monoisotopic (exact) mass is 434 g/mol. The van der Waals surface area contributed by atoms with Crippen molar-refractivity contribution < 1.29 is 22.7 Å². The molecular weight excluding hydrogens is 404 g/mol.